The second-order valence-electron chi connectivity index (χ2n) is 4.20. The van der Waals surface area contributed by atoms with Gasteiger partial charge in [-0.1, -0.05) is 44.2 Å². The van der Waals surface area contributed by atoms with Crippen molar-refractivity contribution in [2.24, 2.45) is 0 Å². The Morgan fingerprint density at radius 2 is 1.83 bits per heavy atom. The Morgan fingerprint density at radius 3 is 2.50 bits per heavy atom. The number of tetrazole rings is 1. The highest BCUT2D eigenvalue weighted by atomic mass is 15.5. The molecule has 18 heavy (non-hydrogen) atoms. The molecule has 2 aromatic rings. The van der Waals surface area contributed by atoms with E-state index in [1.165, 1.54) is 5.56 Å². The van der Waals surface area contributed by atoms with Gasteiger partial charge in [-0.2, -0.15) is 0 Å². The van der Waals surface area contributed by atoms with Crippen molar-refractivity contribution >= 4 is 0 Å². The van der Waals surface area contributed by atoms with Gasteiger partial charge in [-0.05, 0) is 29.1 Å². The molecule has 0 amide bonds. The molecule has 96 valence electrons. The summed E-state index contributed by atoms with van der Waals surface area (Å²) in [6.07, 6.45) is 0. The number of nitrogens with zero attached hydrogens (tertiary/aromatic N) is 5. The summed E-state index contributed by atoms with van der Waals surface area (Å²) < 4.78 is 1.87. The molecule has 0 fully saturated rings. The fourth-order valence-electron chi connectivity index (χ4n) is 1.86. The predicted octanol–water partition coefficient (Wildman–Crippen LogP) is 1.56. The average molecular weight is 245 g/mol. The van der Waals surface area contributed by atoms with E-state index in [9.17, 15) is 0 Å². The Balaban J connectivity index is 2.08. The minimum absolute atomic E-state index is 0.727. The van der Waals surface area contributed by atoms with Gasteiger partial charge in [0.2, 0.25) is 0 Å². The van der Waals surface area contributed by atoms with Crippen LogP contribution in [0.4, 0.5) is 0 Å². The first kappa shape index (κ1) is 12.7. The second kappa shape index (κ2) is 6.26. The third kappa shape index (κ3) is 3.13. The first-order chi connectivity index (χ1) is 8.83. The molecule has 0 aliphatic heterocycles. The molecule has 5 heteroatoms. The maximum atomic E-state index is 4.11. The van der Waals surface area contributed by atoms with Crippen molar-refractivity contribution in [1.29, 1.82) is 0 Å². The van der Waals surface area contributed by atoms with Crippen molar-refractivity contribution in [3.63, 3.8) is 0 Å². The highest BCUT2D eigenvalue weighted by Gasteiger charge is 2.09. The molecule has 0 saturated heterocycles. The lowest BCUT2D eigenvalue weighted by Crippen LogP contribution is -2.24. The lowest BCUT2D eigenvalue weighted by molar-refractivity contribution is 0.282. The van der Waals surface area contributed by atoms with E-state index in [0.29, 0.717) is 0 Å². The Labute approximate surface area is 107 Å². The molecule has 2 rings (SSSR count). The molecule has 0 unspecified atom stereocenters. The van der Waals surface area contributed by atoms with Crippen molar-refractivity contribution in [2.75, 3.05) is 13.1 Å². The average Bonchev–Trinajstić information content (AvgIpc) is 2.84. The van der Waals surface area contributed by atoms with Gasteiger partial charge in [0.05, 0.1) is 13.1 Å². The summed E-state index contributed by atoms with van der Waals surface area (Å²) in [7, 11) is 0. The normalized spacial score (nSPS) is 11.1. The van der Waals surface area contributed by atoms with Gasteiger partial charge >= 0.3 is 0 Å². The molecule has 0 saturated carbocycles. The zero-order valence-electron chi connectivity index (χ0n) is 11.0. The van der Waals surface area contributed by atoms with E-state index in [4.69, 9.17) is 0 Å². The van der Waals surface area contributed by atoms with Crippen molar-refractivity contribution in [3.05, 3.63) is 41.7 Å². The molecule has 0 radical (unpaired) electrons. The molecular formula is C13H19N5. The SMILES string of the molecule is CCN(CC)Cc1nnnn1Cc1ccccc1. The number of rotatable bonds is 6. The third-order valence-electron chi connectivity index (χ3n) is 3.04. The van der Waals surface area contributed by atoms with E-state index in [0.717, 1.165) is 32.0 Å². The minimum Gasteiger partial charge on any atom is -0.296 e. The summed E-state index contributed by atoms with van der Waals surface area (Å²) in [5.41, 5.74) is 1.21. The lowest BCUT2D eigenvalue weighted by atomic mass is 10.2. The highest BCUT2D eigenvalue weighted by Crippen LogP contribution is 2.05. The molecular weight excluding hydrogens is 226 g/mol. The number of benzene rings is 1. The van der Waals surface area contributed by atoms with Crippen LogP contribution in [0, 0.1) is 0 Å². The Morgan fingerprint density at radius 1 is 1.11 bits per heavy atom. The number of hydrogen-bond donors (Lipinski definition) is 0. The zero-order valence-corrected chi connectivity index (χ0v) is 11.0. The molecule has 1 heterocycles. The number of aromatic nitrogens is 4. The van der Waals surface area contributed by atoms with Crippen molar-refractivity contribution in [2.45, 2.75) is 26.9 Å². The maximum Gasteiger partial charge on any atom is 0.165 e. The van der Waals surface area contributed by atoms with Gasteiger partial charge in [-0.15, -0.1) is 5.10 Å². The molecule has 1 aromatic carbocycles. The Kier molecular flexibility index (Phi) is 4.41. The Bertz CT molecular complexity index is 461. The molecule has 0 bridgehead atoms. The highest BCUT2D eigenvalue weighted by molar-refractivity contribution is 5.14. The van der Waals surface area contributed by atoms with E-state index >= 15 is 0 Å². The molecule has 0 aliphatic carbocycles. The quantitative estimate of drug-likeness (QED) is 0.775. The molecule has 0 spiro atoms. The minimum atomic E-state index is 0.727. The van der Waals surface area contributed by atoms with E-state index in [-0.39, 0.29) is 0 Å². The van der Waals surface area contributed by atoms with Gasteiger partial charge < -0.3 is 0 Å². The smallest absolute Gasteiger partial charge is 0.165 e. The first-order valence-corrected chi connectivity index (χ1v) is 6.34. The van der Waals surface area contributed by atoms with Gasteiger partial charge in [-0.3, -0.25) is 4.90 Å². The number of hydrogen-bond acceptors (Lipinski definition) is 4. The molecule has 0 atom stereocenters. The predicted molar refractivity (Wildman–Crippen MR) is 70.0 cm³/mol. The van der Waals surface area contributed by atoms with E-state index in [1.54, 1.807) is 0 Å². The Hall–Kier alpha value is -1.75. The van der Waals surface area contributed by atoms with Gasteiger partial charge in [0.1, 0.15) is 0 Å². The van der Waals surface area contributed by atoms with Crippen LogP contribution in [-0.2, 0) is 13.1 Å². The molecule has 0 aliphatic rings. The zero-order chi connectivity index (χ0) is 12.8. The maximum absolute atomic E-state index is 4.11. The fourth-order valence-corrected chi connectivity index (χ4v) is 1.86. The van der Waals surface area contributed by atoms with E-state index in [2.05, 4.69) is 46.4 Å². The summed E-state index contributed by atoms with van der Waals surface area (Å²) in [5, 5.41) is 11.9. The summed E-state index contributed by atoms with van der Waals surface area (Å²) >= 11 is 0. The van der Waals surface area contributed by atoms with Gasteiger partial charge in [0.25, 0.3) is 0 Å². The van der Waals surface area contributed by atoms with E-state index < -0.39 is 0 Å². The van der Waals surface area contributed by atoms with Crippen LogP contribution in [0.1, 0.15) is 25.2 Å². The van der Waals surface area contributed by atoms with Crippen molar-refractivity contribution in [1.82, 2.24) is 25.1 Å². The van der Waals surface area contributed by atoms with Crippen LogP contribution >= 0.6 is 0 Å². The standard InChI is InChI=1S/C13H19N5/c1-3-17(4-2)11-13-14-15-16-18(13)10-12-8-6-5-7-9-12/h5-9H,3-4,10-11H2,1-2H3. The second-order valence-corrected chi connectivity index (χ2v) is 4.20. The van der Waals surface area contributed by atoms with Gasteiger partial charge in [0.15, 0.2) is 5.82 Å². The summed E-state index contributed by atoms with van der Waals surface area (Å²) in [6.45, 7) is 7.84. The summed E-state index contributed by atoms with van der Waals surface area (Å²) in [6, 6.07) is 10.2. The van der Waals surface area contributed by atoms with E-state index in [1.807, 2.05) is 22.9 Å². The van der Waals surface area contributed by atoms with Crippen molar-refractivity contribution in [3.8, 4) is 0 Å². The van der Waals surface area contributed by atoms with Crippen LogP contribution in [-0.4, -0.2) is 38.2 Å². The monoisotopic (exact) mass is 245 g/mol. The summed E-state index contributed by atoms with van der Waals surface area (Å²) in [4.78, 5) is 2.30. The van der Waals surface area contributed by atoms with Crippen LogP contribution in [0.15, 0.2) is 30.3 Å². The fraction of sp³-hybridized carbons (Fsp3) is 0.462. The van der Waals surface area contributed by atoms with Crippen LogP contribution in [0.5, 0.6) is 0 Å². The largest absolute Gasteiger partial charge is 0.296 e. The van der Waals surface area contributed by atoms with Crippen LogP contribution in [0.3, 0.4) is 0 Å². The van der Waals surface area contributed by atoms with Crippen LogP contribution in [0.2, 0.25) is 0 Å². The molecule has 0 N–H and O–H groups in total. The van der Waals surface area contributed by atoms with Crippen molar-refractivity contribution < 1.29 is 0 Å². The topological polar surface area (TPSA) is 46.8 Å². The first-order valence-electron chi connectivity index (χ1n) is 6.34. The van der Waals surface area contributed by atoms with Crippen LogP contribution in [0.25, 0.3) is 0 Å². The molecule has 5 nitrogen and oxygen atoms in total. The summed E-state index contributed by atoms with van der Waals surface area (Å²) in [5.74, 6) is 0.919. The van der Waals surface area contributed by atoms with Gasteiger partial charge in [-0.25, -0.2) is 4.68 Å². The van der Waals surface area contributed by atoms with Crippen LogP contribution < -0.4 is 0 Å². The third-order valence-corrected chi connectivity index (χ3v) is 3.04. The lowest BCUT2D eigenvalue weighted by Gasteiger charge is -2.16. The molecule has 1 aromatic heterocycles. The van der Waals surface area contributed by atoms with Gasteiger partial charge in [0, 0.05) is 0 Å².